The lowest BCUT2D eigenvalue weighted by molar-refractivity contribution is -0.134. The van der Waals surface area contributed by atoms with Crippen molar-refractivity contribution in [1.82, 2.24) is 9.80 Å². The Morgan fingerprint density at radius 1 is 1.35 bits per heavy atom. The second-order valence-electron chi connectivity index (χ2n) is 5.62. The molecule has 0 radical (unpaired) electrons. The van der Waals surface area contributed by atoms with Gasteiger partial charge in [-0.2, -0.15) is 0 Å². The molecule has 0 aliphatic carbocycles. The van der Waals surface area contributed by atoms with Gasteiger partial charge in [-0.15, -0.1) is 0 Å². The van der Waals surface area contributed by atoms with Crippen LogP contribution in [-0.4, -0.2) is 49.5 Å². The Hall–Kier alpha value is -1.55. The van der Waals surface area contributed by atoms with Crippen molar-refractivity contribution in [1.29, 1.82) is 0 Å². The van der Waals surface area contributed by atoms with Gasteiger partial charge in [0.15, 0.2) is 0 Å². The van der Waals surface area contributed by atoms with Crippen molar-refractivity contribution in [2.24, 2.45) is 0 Å². The van der Waals surface area contributed by atoms with Crippen LogP contribution in [0.2, 0.25) is 0 Å². The third-order valence-corrected chi connectivity index (χ3v) is 4.02. The van der Waals surface area contributed by atoms with E-state index in [1.54, 1.807) is 12.0 Å². The van der Waals surface area contributed by atoms with Crippen LogP contribution in [0.3, 0.4) is 0 Å². The molecule has 1 aromatic carbocycles. The third-order valence-electron chi connectivity index (χ3n) is 4.02. The molecular formula is C16H24N2O2. The number of hydrogen-bond donors (Lipinski definition) is 0. The molecule has 0 aromatic heterocycles. The van der Waals surface area contributed by atoms with Crippen LogP contribution < -0.4 is 4.74 Å². The molecule has 0 unspecified atom stereocenters. The zero-order valence-corrected chi connectivity index (χ0v) is 12.8. The van der Waals surface area contributed by atoms with Gasteiger partial charge < -0.3 is 9.64 Å². The molecule has 1 aliphatic heterocycles. The van der Waals surface area contributed by atoms with Crippen molar-refractivity contribution in [2.45, 2.75) is 32.4 Å². The topological polar surface area (TPSA) is 32.8 Å². The van der Waals surface area contributed by atoms with Crippen molar-refractivity contribution >= 4 is 5.91 Å². The lowest BCUT2D eigenvalue weighted by atomic mass is 10.0. The lowest BCUT2D eigenvalue weighted by Crippen LogP contribution is -2.44. The van der Waals surface area contributed by atoms with Crippen LogP contribution in [0.5, 0.6) is 5.75 Å². The van der Waals surface area contributed by atoms with Crippen molar-refractivity contribution in [3.63, 3.8) is 0 Å². The van der Waals surface area contributed by atoms with Gasteiger partial charge in [-0.3, -0.25) is 9.69 Å². The molecule has 2 rings (SSSR count). The average Bonchev–Trinajstić information content (AvgIpc) is 2.66. The number of carbonyl (C=O) groups excluding carboxylic acids is 1. The molecule has 0 bridgehead atoms. The molecular weight excluding hydrogens is 252 g/mol. The highest BCUT2D eigenvalue weighted by Gasteiger charge is 2.25. The SMILES string of the molecule is COc1ccc2c(c1)CCCN([C@@H](C)C(=O)N(C)C)C2. The van der Waals surface area contributed by atoms with Gasteiger partial charge >= 0.3 is 0 Å². The van der Waals surface area contributed by atoms with Crippen LogP contribution >= 0.6 is 0 Å². The van der Waals surface area contributed by atoms with Gasteiger partial charge in [0, 0.05) is 20.6 Å². The number of likely N-dealkylation sites (N-methyl/N-ethyl adjacent to an activating group) is 1. The molecule has 0 saturated heterocycles. The van der Waals surface area contributed by atoms with Crippen LogP contribution in [0.25, 0.3) is 0 Å². The van der Waals surface area contributed by atoms with E-state index in [0.717, 1.165) is 31.7 Å². The molecule has 1 atom stereocenters. The maximum absolute atomic E-state index is 12.1. The highest BCUT2D eigenvalue weighted by molar-refractivity contribution is 5.80. The number of ether oxygens (including phenoxy) is 1. The van der Waals surface area contributed by atoms with Crippen molar-refractivity contribution in [3.05, 3.63) is 29.3 Å². The number of methoxy groups -OCH3 is 1. The van der Waals surface area contributed by atoms with E-state index in [0.29, 0.717) is 0 Å². The smallest absolute Gasteiger partial charge is 0.239 e. The van der Waals surface area contributed by atoms with Gasteiger partial charge in [0.05, 0.1) is 13.2 Å². The molecule has 0 saturated carbocycles. The van der Waals surface area contributed by atoms with Gasteiger partial charge in [0.2, 0.25) is 5.91 Å². The summed E-state index contributed by atoms with van der Waals surface area (Å²) >= 11 is 0. The molecule has 20 heavy (non-hydrogen) atoms. The molecule has 0 spiro atoms. The Bertz CT molecular complexity index is 485. The fraction of sp³-hybridized carbons (Fsp3) is 0.562. The van der Waals surface area contributed by atoms with Gasteiger partial charge in [-0.05, 0) is 49.6 Å². The second-order valence-corrected chi connectivity index (χ2v) is 5.62. The summed E-state index contributed by atoms with van der Waals surface area (Å²) in [6.45, 7) is 3.79. The van der Waals surface area contributed by atoms with E-state index in [-0.39, 0.29) is 11.9 Å². The number of carbonyl (C=O) groups is 1. The Morgan fingerprint density at radius 3 is 2.75 bits per heavy atom. The Balaban J connectivity index is 2.18. The molecule has 1 aliphatic rings. The first-order valence-corrected chi connectivity index (χ1v) is 7.14. The first-order chi connectivity index (χ1) is 9.52. The standard InChI is InChI=1S/C16H24N2O2/c1-12(16(19)17(2)3)18-9-5-6-13-10-15(20-4)8-7-14(13)11-18/h7-8,10,12H,5-6,9,11H2,1-4H3/t12-/m0/s1. The number of rotatable bonds is 3. The summed E-state index contributed by atoms with van der Waals surface area (Å²) in [4.78, 5) is 16.1. The number of amides is 1. The Morgan fingerprint density at radius 2 is 2.10 bits per heavy atom. The summed E-state index contributed by atoms with van der Waals surface area (Å²) in [7, 11) is 5.33. The fourth-order valence-corrected chi connectivity index (χ4v) is 2.75. The van der Waals surface area contributed by atoms with E-state index in [9.17, 15) is 4.79 Å². The summed E-state index contributed by atoms with van der Waals surface area (Å²) < 4.78 is 5.29. The van der Waals surface area contributed by atoms with E-state index in [2.05, 4.69) is 17.0 Å². The molecule has 1 heterocycles. The number of benzene rings is 1. The van der Waals surface area contributed by atoms with Crippen LogP contribution in [0.15, 0.2) is 18.2 Å². The predicted molar refractivity (Wildman–Crippen MR) is 79.9 cm³/mol. The highest BCUT2D eigenvalue weighted by Crippen LogP contribution is 2.24. The minimum atomic E-state index is -0.0712. The normalized spacial score (nSPS) is 17.0. The number of hydrogen-bond acceptors (Lipinski definition) is 3. The van der Waals surface area contributed by atoms with Gasteiger partial charge in [0.25, 0.3) is 0 Å². The van der Waals surface area contributed by atoms with E-state index in [1.807, 2.05) is 27.1 Å². The summed E-state index contributed by atoms with van der Waals surface area (Å²) in [5.41, 5.74) is 2.65. The average molecular weight is 276 g/mol. The molecule has 0 N–H and O–H groups in total. The molecule has 1 aromatic rings. The molecule has 110 valence electrons. The zero-order chi connectivity index (χ0) is 14.7. The quantitative estimate of drug-likeness (QED) is 0.845. The lowest BCUT2D eigenvalue weighted by Gasteiger charge is -2.29. The molecule has 0 fully saturated rings. The van der Waals surface area contributed by atoms with Crippen LogP contribution in [0.4, 0.5) is 0 Å². The van der Waals surface area contributed by atoms with Crippen molar-refractivity contribution < 1.29 is 9.53 Å². The fourth-order valence-electron chi connectivity index (χ4n) is 2.75. The first kappa shape index (κ1) is 14.9. The predicted octanol–water partition coefficient (Wildman–Crippen LogP) is 1.92. The monoisotopic (exact) mass is 276 g/mol. The van der Waals surface area contributed by atoms with Gasteiger partial charge in [-0.1, -0.05) is 6.07 Å². The van der Waals surface area contributed by atoms with Gasteiger partial charge in [0.1, 0.15) is 5.75 Å². The summed E-state index contributed by atoms with van der Waals surface area (Å²) in [5.74, 6) is 1.08. The van der Waals surface area contributed by atoms with E-state index >= 15 is 0 Å². The zero-order valence-electron chi connectivity index (χ0n) is 12.8. The number of aryl methyl sites for hydroxylation is 1. The van der Waals surface area contributed by atoms with Crippen molar-refractivity contribution in [3.8, 4) is 5.75 Å². The molecule has 4 nitrogen and oxygen atoms in total. The summed E-state index contributed by atoms with van der Waals surface area (Å²) in [6.07, 6.45) is 2.12. The molecule has 1 amide bonds. The van der Waals surface area contributed by atoms with Gasteiger partial charge in [-0.25, -0.2) is 0 Å². The van der Waals surface area contributed by atoms with Crippen molar-refractivity contribution in [2.75, 3.05) is 27.7 Å². The minimum absolute atomic E-state index is 0.0712. The Kier molecular flexibility index (Phi) is 4.65. The Labute approximate surface area is 121 Å². The van der Waals surface area contributed by atoms with E-state index in [1.165, 1.54) is 11.1 Å². The third kappa shape index (κ3) is 3.12. The first-order valence-electron chi connectivity index (χ1n) is 7.14. The summed E-state index contributed by atoms with van der Waals surface area (Å²) in [5, 5.41) is 0. The van der Waals surface area contributed by atoms with Crippen LogP contribution in [0, 0.1) is 0 Å². The van der Waals surface area contributed by atoms with E-state index in [4.69, 9.17) is 4.74 Å². The second kappa shape index (κ2) is 6.27. The summed E-state index contributed by atoms with van der Waals surface area (Å²) in [6, 6.07) is 6.18. The molecule has 4 heteroatoms. The highest BCUT2D eigenvalue weighted by atomic mass is 16.5. The van der Waals surface area contributed by atoms with E-state index < -0.39 is 0 Å². The van der Waals surface area contributed by atoms with Crippen LogP contribution in [0.1, 0.15) is 24.5 Å². The number of nitrogens with zero attached hydrogens (tertiary/aromatic N) is 2. The number of fused-ring (bicyclic) bond motifs is 1. The van der Waals surface area contributed by atoms with Crippen LogP contribution in [-0.2, 0) is 17.8 Å². The largest absolute Gasteiger partial charge is 0.497 e. The minimum Gasteiger partial charge on any atom is -0.497 e. The maximum Gasteiger partial charge on any atom is 0.239 e. The maximum atomic E-state index is 12.1.